The van der Waals surface area contributed by atoms with Gasteiger partial charge in [-0.25, -0.2) is 0 Å². The summed E-state index contributed by atoms with van der Waals surface area (Å²) < 4.78 is 0. The number of rotatable bonds is 1. The van der Waals surface area contributed by atoms with Crippen molar-refractivity contribution in [2.75, 3.05) is 0 Å². The minimum atomic E-state index is -1.46. The largest absolute Gasteiger partial charge is 0.508 e. The molecule has 0 spiro atoms. The topological polar surface area (TPSA) is 52.8 Å². The van der Waals surface area contributed by atoms with Crippen molar-refractivity contribution in [2.24, 2.45) is 4.99 Å². The summed E-state index contributed by atoms with van der Waals surface area (Å²) in [5, 5.41) is 17.3. The van der Waals surface area contributed by atoms with E-state index in [1.54, 1.807) is 12.3 Å². The highest BCUT2D eigenvalue weighted by Gasteiger charge is 2.12. The third-order valence-electron chi connectivity index (χ3n) is 1.15. The molecule has 3 nitrogen and oxygen atoms in total. The van der Waals surface area contributed by atoms with E-state index in [0.29, 0.717) is 0 Å². The summed E-state index contributed by atoms with van der Waals surface area (Å²) in [6.07, 6.45) is 7.62. The van der Waals surface area contributed by atoms with Gasteiger partial charge in [-0.05, 0) is 12.5 Å². The molecular formula is C6H8BNO2. The van der Waals surface area contributed by atoms with Crippen LogP contribution in [0.25, 0.3) is 0 Å². The summed E-state index contributed by atoms with van der Waals surface area (Å²) >= 11 is 0. The van der Waals surface area contributed by atoms with Crippen molar-refractivity contribution >= 4 is 12.7 Å². The number of nitrogens with zero attached hydrogens (tertiary/aromatic N) is 1. The zero-order valence-corrected chi connectivity index (χ0v) is 5.44. The van der Waals surface area contributed by atoms with E-state index in [1.807, 2.05) is 12.2 Å². The van der Waals surface area contributed by atoms with Crippen LogP contribution in [-0.2, 0) is 0 Å². The fraction of sp³-hybridized carbons (Fsp3) is 0.167. The van der Waals surface area contributed by atoms with Crippen molar-refractivity contribution in [3.8, 4) is 0 Å². The van der Waals surface area contributed by atoms with Gasteiger partial charge in [-0.15, -0.1) is 0 Å². The average Bonchev–Trinajstić information content (AvgIpc) is 2.12. The summed E-state index contributed by atoms with van der Waals surface area (Å²) in [5.41, 5.74) is 0.286. The van der Waals surface area contributed by atoms with E-state index in [2.05, 4.69) is 4.99 Å². The van der Waals surface area contributed by atoms with Crippen LogP contribution in [0.1, 0.15) is 6.42 Å². The molecule has 0 atom stereocenters. The Balaban J connectivity index is 2.73. The number of aliphatic imine (C=N–C) groups is 1. The molecule has 10 heavy (non-hydrogen) atoms. The minimum Gasteiger partial charge on any atom is -0.422 e. The molecule has 2 N–H and O–H groups in total. The van der Waals surface area contributed by atoms with Gasteiger partial charge in [0.1, 0.15) is 0 Å². The lowest BCUT2D eigenvalue weighted by atomic mass is 9.83. The standard InChI is InChI=1S/C6H8BNO2/c9-7(10)6-4-2-1-3-5-8-6/h2-5,9-10H,1H2. The number of hydrogen-bond acceptors (Lipinski definition) is 3. The Kier molecular flexibility index (Phi) is 2.42. The van der Waals surface area contributed by atoms with Crippen LogP contribution >= 0.6 is 0 Å². The molecule has 1 aliphatic heterocycles. The monoisotopic (exact) mass is 137 g/mol. The van der Waals surface area contributed by atoms with E-state index in [1.165, 1.54) is 0 Å². The molecular weight excluding hydrogens is 129 g/mol. The summed E-state index contributed by atoms with van der Waals surface area (Å²) in [6, 6.07) is 0. The van der Waals surface area contributed by atoms with Crippen molar-refractivity contribution in [3.63, 3.8) is 0 Å². The van der Waals surface area contributed by atoms with Crippen LogP contribution in [0.15, 0.2) is 29.4 Å². The molecule has 0 saturated carbocycles. The van der Waals surface area contributed by atoms with Crippen LogP contribution in [-0.4, -0.2) is 22.8 Å². The molecule has 0 aromatic rings. The van der Waals surface area contributed by atoms with E-state index in [9.17, 15) is 0 Å². The summed E-state index contributed by atoms with van der Waals surface area (Å²) in [5.74, 6) is 0. The van der Waals surface area contributed by atoms with Crippen LogP contribution in [0.3, 0.4) is 0 Å². The van der Waals surface area contributed by atoms with Crippen molar-refractivity contribution < 1.29 is 10.0 Å². The molecule has 0 aromatic heterocycles. The van der Waals surface area contributed by atoms with Gasteiger partial charge in [-0.1, -0.05) is 12.2 Å². The Morgan fingerprint density at radius 3 is 2.90 bits per heavy atom. The second-order valence-electron chi connectivity index (χ2n) is 1.95. The zero-order valence-electron chi connectivity index (χ0n) is 5.44. The van der Waals surface area contributed by atoms with E-state index >= 15 is 0 Å². The Morgan fingerprint density at radius 1 is 1.40 bits per heavy atom. The van der Waals surface area contributed by atoms with Crippen LogP contribution < -0.4 is 0 Å². The Morgan fingerprint density at radius 2 is 2.20 bits per heavy atom. The molecule has 0 fully saturated rings. The molecule has 1 heterocycles. The minimum absolute atomic E-state index is 0.286. The third-order valence-corrected chi connectivity index (χ3v) is 1.15. The molecule has 1 rings (SSSR count). The lowest BCUT2D eigenvalue weighted by Gasteiger charge is -1.93. The smallest absolute Gasteiger partial charge is 0.422 e. The van der Waals surface area contributed by atoms with Gasteiger partial charge in [0.2, 0.25) is 0 Å². The predicted octanol–water partition coefficient (Wildman–Crippen LogP) is -0.0870. The molecule has 0 unspecified atom stereocenters. The summed E-state index contributed by atoms with van der Waals surface area (Å²) in [7, 11) is -1.46. The molecule has 52 valence electrons. The van der Waals surface area contributed by atoms with Crippen molar-refractivity contribution in [2.45, 2.75) is 6.42 Å². The third kappa shape index (κ3) is 1.82. The van der Waals surface area contributed by atoms with Gasteiger partial charge in [0.15, 0.2) is 0 Å². The van der Waals surface area contributed by atoms with Crippen molar-refractivity contribution in [1.29, 1.82) is 0 Å². The molecule has 0 aliphatic carbocycles. The maximum atomic E-state index is 8.64. The van der Waals surface area contributed by atoms with Crippen LogP contribution in [0.5, 0.6) is 0 Å². The van der Waals surface area contributed by atoms with Crippen molar-refractivity contribution in [1.82, 2.24) is 0 Å². The number of allylic oxidation sites excluding steroid dienone is 3. The Bertz CT molecular complexity index is 196. The maximum absolute atomic E-state index is 8.64. The summed E-state index contributed by atoms with van der Waals surface area (Å²) in [4.78, 5) is 3.77. The van der Waals surface area contributed by atoms with E-state index < -0.39 is 7.12 Å². The van der Waals surface area contributed by atoms with Crippen LogP contribution in [0.4, 0.5) is 0 Å². The van der Waals surface area contributed by atoms with Crippen LogP contribution in [0.2, 0.25) is 0 Å². The molecule has 0 aromatic carbocycles. The van der Waals surface area contributed by atoms with Crippen LogP contribution in [0, 0.1) is 0 Å². The fourth-order valence-electron chi connectivity index (χ4n) is 0.663. The number of hydrogen-bond donors (Lipinski definition) is 2. The van der Waals surface area contributed by atoms with Gasteiger partial charge in [0, 0.05) is 6.20 Å². The first-order chi connectivity index (χ1) is 4.80. The van der Waals surface area contributed by atoms with Gasteiger partial charge in [0.25, 0.3) is 0 Å². The highest BCUT2D eigenvalue weighted by atomic mass is 16.4. The zero-order chi connectivity index (χ0) is 7.40. The molecule has 0 amide bonds. The van der Waals surface area contributed by atoms with E-state index in [0.717, 1.165) is 6.42 Å². The highest BCUT2D eigenvalue weighted by molar-refractivity contribution is 6.82. The SMILES string of the molecule is OB(O)C1=NC=CCC=C1. The molecule has 0 radical (unpaired) electrons. The van der Waals surface area contributed by atoms with E-state index in [-0.39, 0.29) is 5.61 Å². The first-order valence-electron chi connectivity index (χ1n) is 3.06. The molecule has 1 aliphatic rings. The van der Waals surface area contributed by atoms with Gasteiger partial charge < -0.3 is 10.0 Å². The Labute approximate surface area is 59.6 Å². The van der Waals surface area contributed by atoms with Gasteiger partial charge in [0.05, 0.1) is 5.61 Å². The Hall–Kier alpha value is -0.865. The fourth-order valence-corrected chi connectivity index (χ4v) is 0.663. The van der Waals surface area contributed by atoms with Gasteiger partial charge >= 0.3 is 7.12 Å². The van der Waals surface area contributed by atoms with Crippen molar-refractivity contribution in [3.05, 3.63) is 24.4 Å². The average molecular weight is 137 g/mol. The normalized spacial score (nSPS) is 16.4. The predicted molar refractivity (Wildman–Crippen MR) is 40.5 cm³/mol. The van der Waals surface area contributed by atoms with E-state index in [4.69, 9.17) is 10.0 Å². The highest BCUT2D eigenvalue weighted by Crippen LogP contribution is 1.96. The maximum Gasteiger partial charge on any atom is 0.508 e. The quantitative estimate of drug-likeness (QED) is 0.496. The molecule has 0 bridgehead atoms. The molecule has 0 saturated heterocycles. The first-order valence-corrected chi connectivity index (χ1v) is 3.06. The molecule has 4 heteroatoms. The lowest BCUT2D eigenvalue weighted by molar-refractivity contribution is 0.430. The lowest BCUT2D eigenvalue weighted by Crippen LogP contribution is -2.23. The summed E-state index contributed by atoms with van der Waals surface area (Å²) in [6.45, 7) is 0. The second-order valence-corrected chi connectivity index (χ2v) is 1.95. The second kappa shape index (κ2) is 3.34. The van der Waals surface area contributed by atoms with Gasteiger partial charge in [-0.2, -0.15) is 0 Å². The first kappa shape index (κ1) is 7.24. The van der Waals surface area contributed by atoms with Gasteiger partial charge in [-0.3, -0.25) is 4.99 Å².